The lowest BCUT2D eigenvalue weighted by Gasteiger charge is -2.10. The number of halogens is 4. The molecule has 0 spiro atoms. The zero-order valence-electron chi connectivity index (χ0n) is 12.3. The quantitative estimate of drug-likeness (QED) is 0.725. The summed E-state index contributed by atoms with van der Waals surface area (Å²) in [5.41, 5.74) is 1.37. The molecule has 126 valence electrons. The van der Waals surface area contributed by atoms with Crippen LogP contribution >= 0.6 is 0 Å². The molecule has 0 saturated carbocycles. The van der Waals surface area contributed by atoms with E-state index in [4.69, 9.17) is 5.26 Å². The Morgan fingerprint density at radius 1 is 0.960 bits per heavy atom. The van der Waals surface area contributed by atoms with Crippen molar-refractivity contribution in [3.8, 4) is 34.2 Å². The van der Waals surface area contributed by atoms with E-state index >= 15 is 0 Å². The molecule has 0 atom stereocenters. The summed E-state index contributed by atoms with van der Waals surface area (Å²) in [5, 5.41) is 18.7. The van der Waals surface area contributed by atoms with Crippen LogP contribution < -0.4 is 4.74 Å². The highest BCUT2D eigenvalue weighted by atomic mass is 19.4. The van der Waals surface area contributed by atoms with Gasteiger partial charge in [0, 0.05) is 5.56 Å². The Bertz CT molecular complexity index is 942. The standard InChI is InChI=1S/C16H8F4N4O/c17-12-6-10(5-11(7-12)15-14(8-21)22-24-23-15)9-1-3-13(4-2-9)25-16(18,19)20/h1-7H,(H,22,23,24). The normalized spacial score (nSPS) is 11.2. The maximum Gasteiger partial charge on any atom is 0.573 e. The van der Waals surface area contributed by atoms with Crippen molar-refractivity contribution in [2.45, 2.75) is 6.36 Å². The van der Waals surface area contributed by atoms with Crippen LogP contribution in [0.3, 0.4) is 0 Å². The van der Waals surface area contributed by atoms with Crippen LogP contribution in [0.25, 0.3) is 22.4 Å². The molecule has 0 aliphatic carbocycles. The van der Waals surface area contributed by atoms with Gasteiger partial charge in [0.2, 0.25) is 0 Å². The van der Waals surface area contributed by atoms with Gasteiger partial charge in [0.1, 0.15) is 23.3 Å². The molecule has 0 aliphatic rings. The van der Waals surface area contributed by atoms with Crippen molar-refractivity contribution >= 4 is 0 Å². The highest BCUT2D eigenvalue weighted by Crippen LogP contribution is 2.30. The van der Waals surface area contributed by atoms with Gasteiger partial charge in [-0.05, 0) is 41.5 Å². The minimum atomic E-state index is -4.78. The van der Waals surface area contributed by atoms with Gasteiger partial charge in [-0.2, -0.15) is 15.6 Å². The van der Waals surface area contributed by atoms with Gasteiger partial charge in [0.15, 0.2) is 5.69 Å². The number of alkyl halides is 3. The van der Waals surface area contributed by atoms with Crippen LogP contribution in [0, 0.1) is 17.1 Å². The SMILES string of the molecule is N#Cc1n[nH]nc1-c1cc(F)cc(-c2ccc(OC(F)(F)F)cc2)c1. The molecule has 3 aromatic rings. The van der Waals surface area contributed by atoms with Crippen molar-refractivity contribution in [3.63, 3.8) is 0 Å². The zero-order valence-corrected chi connectivity index (χ0v) is 12.3. The number of H-pyrrole nitrogens is 1. The summed E-state index contributed by atoms with van der Waals surface area (Å²) in [7, 11) is 0. The third-order valence-corrected chi connectivity index (χ3v) is 3.25. The molecule has 25 heavy (non-hydrogen) atoms. The second kappa shape index (κ2) is 6.24. The van der Waals surface area contributed by atoms with Crippen LogP contribution in [0.5, 0.6) is 5.75 Å². The molecule has 0 radical (unpaired) electrons. The van der Waals surface area contributed by atoms with Gasteiger partial charge >= 0.3 is 6.36 Å². The summed E-state index contributed by atoms with van der Waals surface area (Å²) in [6, 6.07) is 10.8. The first-order valence-corrected chi connectivity index (χ1v) is 6.84. The second-order valence-corrected chi connectivity index (χ2v) is 4.93. The lowest BCUT2D eigenvalue weighted by atomic mass is 10.0. The summed E-state index contributed by atoms with van der Waals surface area (Å²) in [4.78, 5) is 0. The molecule has 3 rings (SSSR count). The van der Waals surface area contributed by atoms with Crippen molar-refractivity contribution in [2.24, 2.45) is 0 Å². The number of nitriles is 1. The summed E-state index contributed by atoms with van der Waals surface area (Å²) in [6.07, 6.45) is -4.78. The highest BCUT2D eigenvalue weighted by Gasteiger charge is 2.30. The van der Waals surface area contributed by atoms with Crippen LogP contribution in [0.4, 0.5) is 17.6 Å². The van der Waals surface area contributed by atoms with Gasteiger partial charge in [-0.3, -0.25) is 0 Å². The zero-order chi connectivity index (χ0) is 18.0. The molecule has 0 saturated heterocycles. The maximum absolute atomic E-state index is 13.9. The fourth-order valence-corrected chi connectivity index (χ4v) is 2.25. The molecule has 1 heterocycles. The van der Waals surface area contributed by atoms with Gasteiger partial charge < -0.3 is 4.74 Å². The lowest BCUT2D eigenvalue weighted by molar-refractivity contribution is -0.274. The number of ether oxygens (including phenoxy) is 1. The summed E-state index contributed by atoms with van der Waals surface area (Å²) in [5.74, 6) is -0.967. The predicted octanol–water partition coefficient (Wildman–Crippen LogP) is 4.05. The van der Waals surface area contributed by atoms with Gasteiger partial charge in [0.05, 0.1) is 0 Å². The van der Waals surface area contributed by atoms with E-state index in [-0.39, 0.29) is 17.1 Å². The Labute approximate surface area is 138 Å². The van der Waals surface area contributed by atoms with Crippen molar-refractivity contribution in [2.75, 3.05) is 0 Å². The first kappa shape index (κ1) is 16.4. The molecule has 0 bridgehead atoms. The maximum atomic E-state index is 13.9. The van der Waals surface area contributed by atoms with Crippen molar-refractivity contribution in [1.82, 2.24) is 15.4 Å². The molecule has 1 N–H and O–H groups in total. The fourth-order valence-electron chi connectivity index (χ4n) is 2.25. The van der Waals surface area contributed by atoms with E-state index < -0.39 is 12.2 Å². The molecule has 0 fully saturated rings. The Morgan fingerprint density at radius 3 is 2.28 bits per heavy atom. The van der Waals surface area contributed by atoms with Crippen molar-refractivity contribution in [3.05, 3.63) is 54.0 Å². The van der Waals surface area contributed by atoms with Gasteiger partial charge in [-0.1, -0.05) is 12.1 Å². The van der Waals surface area contributed by atoms with Gasteiger partial charge in [-0.15, -0.1) is 18.3 Å². The Balaban J connectivity index is 1.97. The highest BCUT2D eigenvalue weighted by molar-refractivity contribution is 5.73. The minimum Gasteiger partial charge on any atom is -0.406 e. The topological polar surface area (TPSA) is 74.6 Å². The average Bonchev–Trinajstić information content (AvgIpc) is 3.02. The molecular formula is C16H8F4N4O. The molecule has 1 aromatic heterocycles. The van der Waals surface area contributed by atoms with Gasteiger partial charge in [0.25, 0.3) is 0 Å². The smallest absolute Gasteiger partial charge is 0.406 e. The molecule has 0 aliphatic heterocycles. The van der Waals surface area contributed by atoms with Crippen LogP contribution in [0.1, 0.15) is 5.69 Å². The second-order valence-electron chi connectivity index (χ2n) is 4.93. The predicted molar refractivity (Wildman–Crippen MR) is 78.6 cm³/mol. The summed E-state index contributed by atoms with van der Waals surface area (Å²) >= 11 is 0. The lowest BCUT2D eigenvalue weighted by Crippen LogP contribution is -2.16. The molecule has 5 nitrogen and oxygen atoms in total. The number of hydrogen-bond donors (Lipinski definition) is 1. The van der Waals surface area contributed by atoms with Gasteiger partial charge in [-0.25, -0.2) is 4.39 Å². The molecule has 9 heteroatoms. The molecule has 0 unspecified atom stereocenters. The van der Waals surface area contributed by atoms with Crippen LogP contribution in [-0.2, 0) is 0 Å². The first-order chi connectivity index (χ1) is 11.9. The monoisotopic (exact) mass is 348 g/mol. The van der Waals surface area contributed by atoms with E-state index in [1.54, 1.807) is 6.07 Å². The number of rotatable bonds is 3. The number of benzene rings is 2. The summed E-state index contributed by atoms with van der Waals surface area (Å²) < 4.78 is 54.3. The fraction of sp³-hybridized carbons (Fsp3) is 0.0625. The Kier molecular flexibility index (Phi) is 4.10. The van der Waals surface area contributed by atoms with E-state index in [1.165, 1.54) is 24.3 Å². The Morgan fingerprint density at radius 2 is 1.64 bits per heavy atom. The first-order valence-electron chi connectivity index (χ1n) is 6.84. The largest absolute Gasteiger partial charge is 0.573 e. The number of nitrogens with one attached hydrogen (secondary N) is 1. The van der Waals surface area contributed by atoms with E-state index in [9.17, 15) is 17.6 Å². The van der Waals surface area contributed by atoms with E-state index in [0.29, 0.717) is 16.7 Å². The van der Waals surface area contributed by atoms with Crippen molar-refractivity contribution < 1.29 is 22.3 Å². The number of hydrogen-bond acceptors (Lipinski definition) is 4. The van der Waals surface area contributed by atoms with Crippen molar-refractivity contribution in [1.29, 1.82) is 5.26 Å². The number of nitrogens with zero attached hydrogens (tertiary/aromatic N) is 3. The summed E-state index contributed by atoms with van der Waals surface area (Å²) in [6.45, 7) is 0. The number of aromatic nitrogens is 3. The molecule has 0 amide bonds. The third-order valence-electron chi connectivity index (χ3n) is 3.25. The van der Waals surface area contributed by atoms with E-state index in [0.717, 1.165) is 12.1 Å². The van der Waals surface area contributed by atoms with E-state index in [2.05, 4.69) is 20.1 Å². The minimum absolute atomic E-state index is 0.00507. The van der Waals surface area contributed by atoms with Crippen LogP contribution in [0.15, 0.2) is 42.5 Å². The Hall–Kier alpha value is -3.41. The van der Waals surface area contributed by atoms with Crippen LogP contribution in [-0.4, -0.2) is 21.8 Å². The molecule has 2 aromatic carbocycles. The average molecular weight is 348 g/mol. The third kappa shape index (κ3) is 3.74. The molecular weight excluding hydrogens is 340 g/mol. The van der Waals surface area contributed by atoms with Crippen LogP contribution in [0.2, 0.25) is 0 Å². The van der Waals surface area contributed by atoms with E-state index in [1.807, 2.05) is 6.07 Å². The number of aromatic amines is 1.